The van der Waals surface area contributed by atoms with Crippen LogP contribution in [0.1, 0.15) is 10.4 Å². The molecular formula is C9H8NO3S2. The molecule has 0 heterocycles. The zero-order valence-electron chi connectivity index (χ0n) is 7.60. The van der Waals surface area contributed by atoms with Crippen molar-refractivity contribution in [1.29, 1.82) is 0 Å². The fraction of sp³-hybridized carbons (Fsp3) is 0.111. The number of benzene rings is 1. The molecule has 0 aromatic heterocycles. The maximum atomic E-state index is 11.5. The van der Waals surface area contributed by atoms with Crippen LogP contribution >= 0.6 is 22.5 Å². The zero-order chi connectivity index (χ0) is 11.3. The van der Waals surface area contributed by atoms with E-state index in [1.165, 1.54) is 0 Å². The minimum atomic E-state index is -1.08. The van der Waals surface area contributed by atoms with Gasteiger partial charge in [0.2, 0.25) is 0 Å². The molecule has 0 saturated carbocycles. The molecule has 0 aliphatic carbocycles. The molecule has 0 spiro atoms. The first-order chi connectivity index (χ1) is 7.15. The Hall–Kier alpha value is -1.14. The van der Waals surface area contributed by atoms with Crippen molar-refractivity contribution in [2.45, 2.75) is 4.90 Å². The topological polar surface area (TPSA) is 66.4 Å². The highest BCUT2D eigenvalue weighted by Gasteiger charge is 2.11. The van der Waals surface area contributed by atoms with Crippen molar-refractivity contribution >= 4 is 34.3 Å². The molecule has 15 heavy (non-hydrogen) atoms. The highest BCUT2D eigenvalue weighted by atomic mass is 33.1. The van der Waals surface area contributed by atoms with Gasteiger partial charge in [0.1, 0.15) is 6.54 Å². The minimum Gasteiger partial charge on any atom is -0.480 e. The molecule has 1 aromatic carbocycles. The van der Waals surface area contributed by atoms with Gasteiger partial charge >= 0.3 is 5.97 Å². The maximum absolute atomic E-state index is 11.5. The van der Waals surface area contributed by atoms with E-state index >= 15 is 0 Å². The number of carboxylic acid groups (broad SMARTS) is 1. The van der Waals surface area contributed by atoms with E-state index in [9.17, 15) is 9.59 Å². The van der Waals surface area contributed by atoms with Crippen LogP contribution < -0.4 is 5.32 Å². The molecule has 0 saturated heterocycles. The smallest absolute Gasteiger partial charge is 0.322 e. The van der Waals surface area contributed by atoms with Gasteiger partial charge in [0.25, 0.3) is 5.91 Å². The Kier molecular flexibility index (Phi) is 4.51. The summed E-state index contributed by atoms with van der Waals surface area (Å²) in [6.07, 6.45) is 0. The van der Waals surface area contributed by atoms with E-state index in [1.807, 2.05) is 0 Å². The summed E-state index contributed by atoms with van der Waals surface area (Å²) in [6, 6.07) is 6.78. The van der Waals surface area contributed by atoms with Crippen LogP contribution in [0.15, 0.2) is 29.2 Å². The average molecular weight is 242 g/mol. The highest BCUT2D eigenvalue weighted by molar-refractivity contribution is 8.68. The van der Waals surface area contributed by atoms with Crippen LogP contribution in [0.4, 0.5) is 0 Å². The van der Waals surface area contributed by atoms with Gasteiger partial charge in [0.15, 0.2) is 0 Å². The summed E-state index contributed by atoms with van der Waals surface area (Å²) in [7, 11) is 1.03. The number of carboxylic acids is 1. The second kappa shape index (κ2) is 5.67. The number of carbonyl (C=O) groups is 2. The second-order valence-electron chi connectivity index (χ2n) is 2.66. The predicted molar refractivity (Wildman–Crippen MR) is 59.9 cm³/mol. The van der Waals surface area contributed by atoms with Gasteiger partial charge in [0.05, 0.1) is 5.56 Å². The minimum absolute atomic E-state index is 0.394. The van der Waals surface area contributed by atoms with Gasteiger partial charge in [-0.2, -0.15) is 0 Å². The Morgan fingerprint density at radius 3 is 2.67 bits per heavy atom. The molecule has 79 valence electrons. The van der Waals surface area contributed by atoms with Gasteiger partial charge in [-0.3, -0.25) is 9.59 Å². The predicted octanol–water partition coefficient (Wildman–Crippen LogP) is 1.71. The quantitative estimate of drug-likeness (QED) is 0.789. The van der Waals surface area contributed by atoms with Gasteiger partial charge in [-0.05, 0) is 34.6 Å². The molecule has 1 rings (SSSR count). The van der Waals surface area contributed by atoms with Crippen LogP contribution in [0.5, 0.6) is 0 Å². The van der Waals surface area contributed by atoms with Crippen LogP contribution in [0.3, 0.4) is 0 Å². The number of amides is 1. The third kappa shape index (κ3) is 3.49. The summed E-state index contributed by atoms with van der Waals surface area (Å²) >= 11 is 4.78. The highest BCUT2D eigenvalue weighted by Crippen LogP contribution is 2.24. The van der Waals surface area contributed by atoms with Gasteiger partial charge in [-0.15, -0.1) is 0 Å². The molecule has 0 aliphatic heterocycles. The monoisotopic (exact) mass is 242 g/mol. The van der Waals surface area contributed by atoms with E-state index in [0.29, 0.717) is 10.5 Å². The van der Waals surface area contributed by atoms with E-state index in [2.05, 4.69) is 5.32 Å². The normalized spacial score (nSPS) is 9.67. The molecule has 1 aromatic rings. The lowest BCUT2D eigenvalue weighted by molar-refractivity contribution is -0.135. The summed E-state index contributed by atoms with van der Waals surface area (Å²) in [4.78, 5) is 22.4. The number of carbonyl (C=O) groups excluding carboxylic acids is 1. The lowest BCUT2D eigenvalue weighted by Crippen LogP contribution is -2.29. The molecule has 0 atom stereocenters. The largest absolute Gasteiger partial charge is 0.480 e. The third-order valence-electron chi connectivity index (χ3n) is 1.62. The number of aliphatic carboxylic acids is 1. The first kappa shape index (κ1) is 11.9. The van der Waals surface area contributed by atoms with Gasteiger partial charge in [-0.1, -0.05) is 12.1 Å². The van der Waals surface area contributed by atoms with Crippen LogP contribution in [0.2, 0.25) is 0 Å². The first-order valence-electron chi connectivity index (χ1n) is 4.04. The Balaban J connectivity index is 2.77. The van der Waals surface area contributed by atoms with E-state index in [1.54, 1.807) is 24.3 Å². The SMILES string of the molecule is O=C(O)CNC(=O)c1ccccc1S[S]. The molecule has 0 bridgehead atoms. The Bertz CT molecular complexity index is 381. The second-order valence-corrected chi connectivity index (χ2v) is 3.76. The number of hydrogen-bond acceptors (Lipinski definition) is 3. The van der Waals surface area contributed by atoms with Gasteiger partial charge < -0.3 is 10.4 Å². The summed E-state index contributed by atoms with van der Waals surface area (Å²) in [6.45, 7) is -0.394. The Labute approximate surface area is 95.9 Å². The summed E-state index contributed by atoms with van der Waals surface area (Å²) in [5.74, 6) is -1.50. The van der Waals surface area contributed by atoms with Crippen molar-refractivity contribution in [3.8, 4) is 0 Å². The molecule has 4 nitrogen and oxygen atoms in total. The van der Waals surface area contributed by atoms with Crippen molar-refractivity contribution in [2.24, 2.45) is 0 Å². The summed E-state index contributed by atoms with van der Waals surface area (Å²) in [5.41, 5.74) is 0.402. The van der Waals surface area contributed by atoms with Crippen LogP contribution in [-0.4, -0.2) is 23.5 Å². The molecule has 6 heteroatoms. The van der Waals surface area contributed by atoms with Crippen LogP contribution in [0, 0.1) is 0 Å². The lowest BCUT2D eigenvalue weighted by Gasteiger charge is -2.05. The number of hydrogen-bond donors (Lipinski definition) is 2. The van der Waals surface area contributed by atoms with Crippen molar-refractivity contribution < 1.29 is 14.7 Å². The third-order valence-corrected chi connectivity index (χ3v) is 2.70. The summed E-state index contributed by atoms with van der Waals surface area (Å²) in [5, 5.41) is 10.7. The van der Waals surface area contributed by atoms with Gasteiger partial charge in [-0.25, -0.2) is 0 Å². The Morgan fingerprint density at radius 1 is 1.40 bits per heavy atom. The molecule has 0 aliphatic rings. The number of rotatable bonds is 4. The fourth-order valence-electron chi connectivity index (χ4n) is 0.978. The Morgan fingerprint density at radius 2 is 2.07 bits per heavy atom. The average Bonchev–Trinajstić information content (AvgIpc) is 2.25. The molecule has 1 radical (unpaired) electrons. The lowest BCUT2D eigenvalue weighted by atomic mass is 10.2. The molecule has 1 amide bonds. The standard InChI is InChI=1S/C9H8NO3S2/c11-8(12)5-10-9(13)6-3-1-2-4-7(6)15-14/h1-4H,5H2,(H,10,13)(H,11,12). The first-order valence-corrected chi connectivity index (χ1v) is 5.78. The fourth-order valence-corrected chi connectivity index (χ4v) is 1.80. The van der Waals surface area contributed by atoms with Gasteiger partial charge in [0, 0.05) is 4.90 Å². The summed E-state index contributed by atoms with van der Waals surface area (Å²) < 4.78 is 0. The molecular weight excluding hydrogens is 234 g/mol. The molecule has 0 fully saturated rings. The van der Waals surface area contributed by atoms with Crippen LogP contribution in [-0.2, 0) is 4.79 Å². The molecule has 2 N–H and O–H groups in total. The van der Waals surface area contributed by atoms with E-state index in [4.69, 9.17) is 16.8 Å². The van der Waals surface area contributed by atoms with Crippen molar-refractivity contribution in [3.63, 3.8) is 0 Å². The van der Waals surface area contributed by atoms with E-state index < -0.39 is 18.4 Å². The van der Waals surface area contributed by atoms with E-state index in [0.717, 1.165) is 10.8 Å². The zero-order valence-corrected chi connectivity index (χ0v) is 9.23. The van der Waals surface area contributed by atoms with Crippen molar-refractivity contribution in [2.75, 3.05) is 6.54 Å². The maximum Gasteiger partial charge on any atom is 0.322 e. The van der Waals surface area contributed by atoms with Crippen LogP contribution in [0.25, 0.3) is 0 Å². The van der Waals surface area contributed by atoms with Crippen molar-refractivity contribution in [1.82, 2.24) is 5.32 Å². The number of nitrogens with one attached hydrogen (secondary N) is 1. The molecule has 0 unspecified atom stereocenters. The van der Waals surface area contributed by atoms with E-state index in [-0.39, 0.29) is 0 Å². The van der Waals surface area contributed by atoms with Crippen molar-refractivity contribution in [3.05, 3.63) is 29.8 Å².